The van der Waals surface area contributed by atoms with Gasteiger partial charge in [0.25, 0.3) is 0 Å². The lowest BCUT2D eigenvalue weighted by atomic mass is 9.83. The van der Waals surface area contributed by atoms with Crippen LogP contribution in [0.4, 0.5) is 0 Å². The molecular formula is C24H40. The first-order chi connectivity index (χ1) is 11.1. The molecule has 0 heterocycles. The van der Waals surface area contributed by atoms with Crippen LogP contribution in [-0.2, 0) is 12.8 Å². The quantitative estimate of drug-likeness (QED) is 0.431. The van der Waals surface area contributed by atoms with Gasteiger partial charge in [0.15, 0.2) is 0 Å². The number of unbranched alkanes of at least 4 members (excludes halogenated alkanes) is 1. The van der Waals surface area contributed by atoms with Crippen LogP contribution in [0.5, 0.6) is 0 Å². The molecule has 24 heavy (non-hydrogen) atoms. The van der Waals surface area contributed by atoms with Crippen LogP contribution in [0.1, 0.15) is 93.2 Å². The van der Waals surface area contributed by atoms with Gasteiger partial charge in [-0.2, -0.15) is 0 Å². The highest BCUT2D eigenvalue weighted by molar-refractivity contribution is 5.50. The van der Waals surface area contributed by atoms with Crippen molar-refractivity contribution in [2.45, 2.75) is 100 Å². The third-order valence-corrected chi connectivity index (χ3v) is 5.47. The summed E-state index contributed by atoms with van der Waals surface area (Å²) in [5.74, 6) is 0. The van der Waals surface area contributed by atoms with Gasteiger partial charge in [0.05, 0.1) is 0 Å². The van der Waals surface area contributed by atoms with Crippen LogP contribution in [0, 0.1) is 33.1 Å². The SMILES string of the molecule is C=C(CCCc1c(C)c(C)c(C)c(C)c1CCCC)CC(C)(C)C. The summed E-state index contributed by atoms with van der Waals surface area (Å²) < 4.78 is 0. The Labute approximate surface area is 151 Å². The monoisotopic (exact) mass is 328 g/mol. The lowest BCUT2D eigenvalue weighted by molar-refractivity contribution is 0.403. The fourth-order valence-corrected chi connectivity index (χ4v) is 3.85. The second kappa shape index (κ2) is 8.88. The second-order valence-electron chi connectivity index (χ2n) is 8.90. The Morgan fingerprint density at radius 3 is 1.67 bits per heavy atom. The standard InChI is InChI=1S/C24H40/c1-10-11-14-22-20(5)18(3)19(4)21(6)23(22)15-12-13-17(2)16-24(7,8)9/h2,10-16H2,1,3-9H3. The Balaban J connectivity index is 2.91. The predicted octanol–water partition coefficient (Wildman–Crippen LogP) is 7.58. The Hall–Kier alpha value is -1.04. The van der Waals surface area contributed by atoms with Gasteiger partial charge in [0, 0.05) is 0 Å². The molecule has 0 unspecified atom stereocenters. The number of benzene rings is 1. The van der Waals surface area contributed by atoms with Crippen molar-refractivity contribution in [3.8, 4) is 0 Å². The molecule has 1 rings (SSSR count). The maximum atomic E-state index is 4.31. The summed E-state index contributed by atoms with van der Waals surface area (Å²) in [7, 11) is 0. The topological polar surface area (TPSA) is 0 Å². The molecule has 0 aliphatic heterocycles. The number of rotatable bonds is 8. The molecule has 136 valence electrons. The van der Waals surface area contributed by atoms with Crippen LogP contribution >= 0.6 is 0 Å². The van der Waals surface area contributed by atoms with Crippen molar-refractivity contribution in [1.82, 2.24) is 0 Å². The summed E-state index contributed by atoms with van der Waals surface area (Å²) in [6.07, 6.45) is 8.55. The van der Waals surface area contributed by atoms with Gasteiger partial charge in [0.2, 0.25) is 0 Å². The first kappa shape index (κ1) is 21.0. The molecular weight excluding hydrogens is 288 g/mol. The lowest BCUT2D eigenvalue weighted by Crippen LogP contribution is -2.08. The third kappa shape index (κ3) is 5.80. The summed E-state index contributed by atoms with van der Waals surface area (Å²) in [4.78, 5) is 0. The summed E-state index contributed by atoms with van der Waals surface area (Å²) in [6, 6.07) is 0. The Bertz CT molecular complexity index is 567. The largest absolute Gasteiger partial charge is 0.0998 e. The maximum absolute atomic E-state index is 4.31. The van der Waals surface area contributed by atoms with E-state index < -0.39 is 0 Å². The van der Waals surface area contributed by atoms with Crippen molar-refractivity contribution in [3.63, 3.8) is 0 Å². The molecule has 0 aliphatic carbocycles. The first-order valence-electron chi connectivity index (χ1n) is 9.83. The van der Waals surface area contributed by atoms with Gasteiger partial charge < -0.3 is 0 Å². The Morgan fingerprint density at radius 2 is 1.25 bits per heavy atom. The van der Waals surface area contributed by atoms with E-state index in [0.29, 0.717) is 5.41 Å². The van der Waals surface area contributed by atoms with Crippen molar-refractivity contribution in [3.05, 3.63) is 45.5 Å². The summed E-state index contributed by atoms with van der Waals surface area (Å²) in [6.45, 7) is 22.8. The minimum Gasteiger partial charge on any atom is -0.0998 e. The van der Waals surface area contributed by atoms with Gasteiger partial charge in [-0.25, -0.2) is 0 Å². The van der Waals surface area contributed by atoms with Crippen LogP contribution in [0.2, 0.25) is 0 Å². The summed E-state index contributed by atoms with van der Waals surface area (Å²) >= 11 is 0. The minimum absolute atomic E-state index is 0.357. The number of hydrogen-bond donors (Lipinski definition) is 0. The second-order valence-corrected chi connectivity index (χ2v) is 8.90. The van der Waals surface area contributed by atoms with Gasteiger partial charge in [-0.1, -0.05) is 46.3 Å². The number of allylic oxidation sites excluding steroid dienone is 1. The van der Waals surface area contributed by atoms with Crippen LogP contribution in [0.3, 0.4) is 0 Å². The fraction of sp³-hybridized carbons (Fsp3) is 0.667. The van der Waals surface area contributed by atoms with E-state index in [0.717, 1.165) is 12.8 Å². The summed E-state index contributed by atoms with van der Waals surface area (Å²) in [5, 5.41) is 0. The number of hydrogen-bond acceptors (Lipinski definition) is 0. The van der Waals surface area contributed by atoms with Gasteiger partial charge >= 0.3 is 0 Å². The van der Waals surface area contributed by atoms with Crippen molar-refractivity contribution >= 4 is 0 Å². The zero-order valence-electron chi connectivity index (χ0n) is 17.7. The molecule has 0 amide bonds. The molecule has 1 aromatic carbocycles. The first-order valence-corrected chi connectivity index (χ1v) is 9.83. The molecule has 0 N–H and O–H groups in total. The molecule has 0 heteroatoms. The normalized spacial score (nSPS) is 11.8. The molecule has 0 fully saturated rings. The van der Waals surface area contributed by atoms with Gasteiger partial charge in [-0.05, 0) is 105 Å². The fourth-order valence-electron chi connectivity index (χ4n) is 3.85. The van der Waals surface area contributed by atoms with Crippen molar-refractivity contribution < 1.29 is 0 Å². The lowest BCUT2D eigenvalue weighted by Gasteiger charge is -2.22. The van der Waals surface area contributed by atoms with Crippen LogP contribution in [0.15, 0.2) is 12.2 Å². The Kier molecular flexibility index (Phi) is 7.77. The predicted molar refractivity (Wildman–Crippen MR) is 110 cm³/mol. The highest BCUT2D eigenvalue weighted by Crippen LogP contribution is 2.30. The molecule has 0 saturated carbocycles. The molecule has 0 saturated heterocycles. The van der Waals surface area contributed by atoms with E-state index >= 15 is 0 Å². The van der Waals surface area contributed by atoms with Crippen LogP contribution < -0.4 is 0 Å². The van der Waals surface area contributed by atoms with E-state index in [4.69, 9.17) is 0 Å². The van der Waals surface area contributed by atoms with E-state index in [-0.39, 0.29) is 0 Å². The van der Waals surface area contributed by atoms with Crippen molar-refractivity contribution in [2.24, 2.45) is 5.41 Å². The molecule has 0 aliphatic rings. The summed E-state index contributed by atoms with van der Waals surface area (Å²) in [5.41, 5.74) is 11.1. The smallest absolute Gasteiger partial charge is 0.0270 e. The van der Waals surface area contributed by atoms with E-state index in [9.17, 15) is 0 Å². The van der Waals surface area contributed by atoms with Gasteiger partial charge in [-0.3, -0.25) is 0 Å². The van der Waals surface area contributed by atoms with Gasteiger partial charge in [0.1, 0.15) is 0 Å². The molecule has 0 nitrogen and oxygen atoms in total. The third-order valence-electron chi connectivity index (χ3n) is 5.47. The highest BCUT2D eigenvalue weighted by Gasteiger charge is 2.16. The molecule has 0 aromatic heterocycles. The minimum atomic E-state index is 0.357. The highest BCUT2D eigenvalue weighted by atomic mass is 14.2. The Morgan fingerprint density at radius 1 is 0.792 bits per heavy atom. The molecule has 1 aromatic rings. The zero-order chi connectivity index (χ0) is 18.5. The van der Waals surface area contributed by atoms with E-state index in [2.05, 4.69) is 62.0 Å². The molecule has 0 spiro atoms. The molecule has 0 radical (unpaired) electrons. The van der Waals surface area contributed by atoms with Crippen molar-refractivity contribution in [2.75, 3.05) is 0 Å². The molecule has 0 bridgehead atoms. The molecule has 0 atom stereocenters. The van der Waals surface area contributed by atoms with Crippen molar-refractivity contribution in [1.29, 1.82) is 0 Å². The van der Waals surface area contributed by atoms with Crippen LogP contribution in [0.25, 0.3) is 0 Å². The van der Waals surface area contributed by atoms with Crippen LogP contribution in [-0.4, -0.2) is 0 Å². The maximum Gasteiger partial charge on any atom is -0.0270 e. The van der Waals surface area contributed by atoms with E-state index in [1.54, 1.807) is 11.1 Å². The van der Waals surface area contributed by atoms with Gasteiger partial charge in [-0.15, -0.1) is 0 Å². The average Bonchev–Trinajstić information content (AvgIpc) is 2.47. The average molecular weight is 329 g/mol. The van der Waals surface area contributed by atoms with E-state index in [1.807, 2.05) is 0 Å². The zero-order valence-corrected chi connectivity index (χ0v) is 17.7. The van der Waals surface area contributed by atoms with E-state index in [1.165, 1.54) is 59.9 Å².